The largest absolute Gasteiger partial charge is 0.378 e. The Hall–Kier alpha value is -2.47. The van der Waals surface area contributed by atoms with Crippen LogP contribution in [0.15, 0.2) is 48.5 Å². The maximum Gasteiger partial charge on any atom is 0.256 e. The number of carbonyl (C=O) groups excluding carboxylic acids is 1. The highest BCUT2D eigenvalue weighted by Crippen LogP contribution is 2.20. The van der Waals surface area contributed by atoms with Crippen LogP contribution in [0.2, 0.25) is 0 Å². The van der Waals surface area contributed by atoms with Crippen LogP contribution >= 0.6 is 0 Å². The molecular weight excluding hydrogens is 326 g/mol. The smallest absolute Gasteiger partial charge is 0.256 e. The third-order valence-electron chi connectivity index (χ3n) is 4.42. The van der Waals surface area contributed by atoms with Crippen molar-refractivity contribution in [2.24, 2.45) is 0 Å². The van der Waals surface area contributed by atoms with Gasteiger partial charge in [-0.1, -0.05) is 12.1 Å². The number of anilines is 1. The molecule has 1 amide bonds. The minimum absolute atomic E-state index is 0.280. The molecule has 1 saturated heterocycles. The summed E-state index contributed by atoms with van der Waals surface area (Å²) in [6.07, 6.45) is -0.544. The predicted molar refractivity (Wildman–Crippen MR) is 91.2 cm³/mol. The molecule has 1 aliphatic heterocycles. The summed E-state index contributed by atoms with van der Waals surface area (Å²) in [6, 6.07) is 11.6. The van der Waals surface area contributed by atoms with E-state index in [1.54, 1.807) is 17.0 Å². The van der Waals surface area contributed by atoms with Crippen LogP contribution in [-0.2, 0) is 4.79 Å². The van der Waals surface area contributed by atoms with Crippen LogP contribution in [0, 0.1) is 11.6 Å². The molecular formula is C19H20F2N2O2. The summed E-state index contributed by atoms with van der Waals surface area (Å²) in [5.74, 6) is -1.07. The van der Waals surface area contributed by atoms with E-state index in [0.717, 1.165) is 18.7 Å². The van der Waals surface area contributed by atoms with E-state index in [4.69, 9.17) is 0 Å². The molecule has 0 aromatic heterocycles. The van der Waals surface area contributed by atoms with Crippen molar-refractivity contribution in [1.29, 1.82) is 0 Å². The van der Waals surface area contributed by atoms with Crippen molar-refractivity contribution >= 4 is 11.6 Å². The van der Waals surface area contributed by atoms with Crippen molar-refractivity contribution in [2.45, 2.75) is 12.5 Å². The normalized spacial score (nSPS) is 16.4. The molecule has 2 aromatic carbocycles. The molecule has 6 heteroatoms. The fraction of sp³-hybridized carbons (Fsp3) is 0.316. The van der Waals surface area contributed by atoms with E-state index in [2.05, 4.69) is 4.90 Å². The number of aliphatic hydroxyl groups excluding tert-OH is 1. The lowest BCUT2D eigenvalue weighted by atomic mass is 10.1. The zero-order valence-corrected chi connectivity index (χ0v) is 13.7. The van der Waals surface area contributed by atoms with Gasteiger partial charge in [0.1, 0.15) is 11.6 Å². The van der Waals surface area contributed by atoms with Crippen LogP contribution in [0.25, 0.3) is 0 Å². The number of hydrogen-bond acceptors (Lipinski definition) is 3. The maximum absolute atomic E-state index is 13.1. The van der Waals surface area contributed by atoms with Gasteiger partial charge in [-0.3, -0.25) is 4.79 Å². The van der Waals surface area contributed by atoms with E-state index in [1.165, 1.54) is 36.4 Å². The van der Waals surface area contributed by atoms with Gasteiger partial charge in [0.15, 0.2) is 6.10 Å². The Morgan fingerprint density at radius 1 is 0.880 bits per heavy atom. The van der Waals surface area contributed by atoms with Crippen LogP contribution in [0.1, 0.15) is 18.1 Å². The standard InChI is InChI=1S/C19H20F2N2O2/c20-15-4-2-14(3-5-15)18(24)19(25)23-11-1-10-22(12-13-23)17-8-6-16(21)7-9-17/h2-9,18,24H,1,10-13H2. The highest BCUT2D eigenvalue weighted by Gasteiger charge is 2.26. The zero-order chi connectivity index (χ0) is 17.8. The number of halogens is 2. The summed E-state index contributed by atoms with van der Waals surface area (Å²) in [5.41, 5.74) is 1.29. The van der Waals surface area contributed by atoms with Gasteiger partial charge in [0, 0.05) is 31.9 Å². The number of amides is 1. The van der Waals surface area contributed by atoms with Gasteiger partial charge in [0.2, 0.25) is 0 Å². The molecule has 0 aliphatic carbocycles. The van der Waals surface area contributed by atoms with Crippen molar-refractivity contribution in [1.82, 2.24) is 4.90 Å². The monoisotopic (exact) mass is 346 g/mol. The minimum atomic E-state index is -1.29. The molecule has 1 unspecified atom stereocenters. The third kappa shape index (κ3) is 4.14. The number of carbonyl (C=O) groups is 1. The SMILES string of the molecule is O=C(C(O)c1ccc(F)cc1)N1CCCN(c2ccc(F)cc2)CC1. The van der Waals surface area contributed by atoms with E-state index in [1.807, 2.05) is 0 Å². The molecule has 1 atom stereocenters. The number of benzene rings is 2. The molecule has 4 nitrogen and oxygen atoms in total. The minimum Gasteiger partial charge on any atom is -0.378 e. The van der Waals surface area contributed by atoms with Crippen LogP contribution in [-0.4, -0.2) is 42.1 Å². The predicted octanol–water partition coefficient (Wildman–Crippen LogP) is 2.74. The second kappa shape index (κ2) is 7.61. The molecule has 1 aliphatic rings. The summed E-state index contributed by atoms with van der Waals surface area (Å²) in [6.45, 7) is 2.36. The third-order valence-corrected chi connectivity index (χ3v) is 4.42. The first-order valence-electron chi connectivity index (χ1n) is 8.27. The Morgan fingerprint density at radius 2 is 1.48 bits per heavy atom. The van der Waals surface area contributed by atoms with E-state index in [9.17, 15) is 18.7 Å². The van der Waals surface area contributed by atoms with Gasteiger partial charge in [0.05, 0.1) is 0 Å². The summed E-state index contributed by atoms with van der Waals surface area (Å²) < 4.78 is 26.0. The molecule has 0 bridgehead atoms. The lowest BCUT2D eigenvalue weighted by Crippen LogP contribution is -2.38. The van der Waals surface area contributed by atoms with Crippen molar-refractivity contribution < 1.29 is 18.7 Å². The molecule has 132 valence electrons. The first-order chi connectivity index (χ1) is 12.0. The van der Waals surface area contributed by atoms with Gasteiger partial charge in [-0.05, 0) is 48.4 Å². The Bertz CT molecular complexity index is 719. The number of nitrogens with zero attached hydrogens (tertiary/aromatic N) is 2. The summed E-state index contributed by atoms with van der Waals surface area (Å²) in [7, 11) is 0. The van der Waals surface area contributed by atoms with Crippen molar-refractivity contribution in [2.75, 3.05) is 31.1 Å². The van der Waals surface area contributed by atoms with Crippen LogP contribution in [0.3, 0.4) is 0 Å². The molecule has 2 aromatic rings. The molecule has 1 heterocycles. The summed E-state index contributed by atoms with van der Waals surface area (Å²) >= 11 is 0. The van der Waals surface area contributed by atoms with E-state index in [0.29, 0.717) is 25.2 Å². The molecule has 0 saturated carbocycles. The first kappa shape index (κ1) is 17.4. The van der Waals surface area contributed by atoms with Gasteiger partial charge in [0.25, 0.3) is 5.91 Å². The Kier molecular flexibility index (Phi) is 5.28. The van der Waals surface area contributed by atoms with Crippen molar-refractivity contribution in [3.05, 3.63) is 65.7 Å². The maximum atomic E-state index is 13.1. The van der Waals surface area contributed by atoms with Gasteiger partial charge in [-0.25, -0.2) is 8.78 Å². The second-order valence-electron chi connectivity index (χ2n) is 6.10. The average molecular weight is 346 g/mol. The highest BCUT2D eigenvalue weighted by molar-refractivity contribution is 5.82. The van der Waals surface area contributed by atoms with Crippen LogP contribution < -0.4 is 4.90 Å². The summed E-state index contributed by atoms with van der Waals surface area (Å²) in [5, 5.41) is 10.3. The van der Waals surface area contributed by atoms with Crippen LogP contribution in [0.4, 0.5) is 14.5 Å². The second-order valence-corrected chi connectivity index (χ2v) is 6.10. The Morgan fingerprint density at radius 3 is 2.12 bits per heavy atom. The lowest BCUT2D eigenvalue weighted by Gasteiger charge is -2.25. The Balaban J connectivity index is 1.64. The summed E-state index contributed by atoms with van der Waals surface area (Å²) in [4.78, 5) is 16.3. The topological polar surface area (TPSA) is 43.8 Å². The fourth-order valence-corrected chi connectivity index (χ4v) is 3.01. The molecule has 0 radical (unpaired) electrons. The number of hydrogen-bond donors (Lipinski definition) is 1. The molecule has 0 spiro atoms. The van der Waals surface area contributed by atoms with Crippen molar-refractivity contribution in [3.8, 4) is 0 Å². The lowest BCUT2D eigenvalue weighted by molar-refractivity contribution is -0.140. The van der Waals surface area contributed by atoms with Crippen LogP contribution in [0.5, 0.6) is 0 Å². The van der Waals surface area contributed by atoms with Gasteiger partial charge < -0.3 is 14.9 Å². The number of rotatable bonds is 3. The molecule has 25 heavy (non-hydrogen) atoms. The van der Waals surface area contributed by atoms with Gasteiger partial charge in [-0.2, -0.15) is 0 Å². The highest BCUT2D eigenvalue weighted by atomic mass is 19.1. The average Bonchev–Trinajstić information content (AvgIpc) is 2.88. The Labute approximate surface area is 145 Å². The molecule has 1 fully saturated rings. The van der Waals surface area contributed by atoms with E-state index in [-0.39, 0.29) is 11.7 Å². The number of aliphatic hydroxyl groups is 1. The molecule has 3 rings (SSSR count). The van der Waals surface area contributed by atoms with Gasteiger partial charge in [-0.15, -0.1) is 0 Å². The first-order valence-corrected chi connectivity index (χ1v) is 8.27. The zero-order valence-electron chi connectivity index (χ0n) is 13.7. The van der Waals surface area contributed by atoms with E-state index >= 15 is 0 Å². The van der Waals surface area contributed by atoms with Gasteiger partial charge >= 0.3 is 0 Å². The quantitative estimate of drug-likeness (QED) is 0.929. The fourth-order valence-electron chi connectivity index (χ4n) is 3.01. The van der Waals surface area contributed by atoms with Crippen molar-refractivity contribution in [3.63, 3.8) is 0 Å². The molecule has 1 N–H and O–H groups in total. The van der Waals surface area contributed by atoms with E-state index < -0.39 is 11.9 Å².